The maximum Gasteiger partial charge on any atom is 0.247 e. The van der Waals surface area contributed by atoms with Gasteiger partial charge in [-0.25, -0.2) is 22.0 Å². The molecule has 22 heavy (non-hydrogen) atoms. The Balaban J connectivity index is 2.15. The topological polar surface area (TPSA) is 118 Å². The zero-order chi connectivity index (χ0) is 16.5. The van der Waals surface area contributed by atoms with Crippen molar-refractivity contribution < 1.29 is 16.8 Å². The van der Waals surface area contributed by atoms with Crippen molar-refractivity contribution >= 4 is 36.9 Å². The number of sulfonamides is 1. The molecule has 0 aromatic carbocycles. The standard InChI is InChI=1S/C12H21N3O4S3/c1-8(2)6-14-4-3-9-7-15-10-5-11(22(13,18)19)20-12(10)21(9,16)17/h5,8-9,14-15H,3-4,6-7H2,1-2H3,(H2,13,18,19). The fraction of sp³-hybridized carbons (Fsp3) is 0.667. The Morgan fingerprint density at radius 3 is 2.77 bits per heavy atom. The van der Waals surface area contributed by atoms with Gasteiger partial charge >= 0.3 is 0 Å². The van der Waals surface area contributed by atoms with Crippen LogP contribution in [0.2, 0.25) is 0 Å². The van der Waals surface area contributed by atoms with Gasteiger partial charge in [0.25, 0.3) is 0 Å². The summed E-state index contributed by atoms with van der Waals surface area (Å²) in [5, 5.41) is 10.7. The van der Waals surface area contributed by atoms with Crippen LogP contribution in [0.3, 0.4) is 0 Å². The van der Waals surface area contributed by atoms with E-state index in [1.54, 1.807) is 0 Å². The fourth-order valence-corrected chi connectivity index (χ4v) is 6.59. The number of primary sulfonamides is 1. The average molecular weight is 368 g/mol. The van der Waals surface area contributed by atoms with Gasteiger partial charge in [0.1, 0.15) is 8.42 Å². The lowest BCUT2D eigenvalue weighted by Gasteiger charge is -2.24. The van der Waals surface area contributed by atoms with Gasteiger partial charge in [0.15, 0.2) is 9.84 Å². The summed E-state index contributed by atoms with van der Waals surface area (Å²) in [5.74, 6) is 0.502. The zero-order valence-electron chi connectivity index (χ0n) is 12.5. The van der Waals surface area contributed by atoms with Gasteiger partial charge in [-0.1, -0.05) is 13.8 Å². The first-order valence-electron chi connectivity index (χ1n) is 6.97. The highest BCUT2D eigenvalue weighted by molar-refractivity contribution is 7.95. The normalized spacial score (nSPS) is 20.6. The molecule has 4 N–H and O–H groups in total. The Kier molecular flexibility index (Phi) is 5.17. The molecule has 0 bridgehead atoms. The van der Waals surface area contributed by atoms with Crippen molar-refractivity contribution in [3.05, 3.63) is 6.07 Å². The summed E-state index contributed by atoms with van der Waals surface area (Å²) in [6.07, 6.45) is 0.476. The summed E-state index contributed by atoms with van der Waals surface area (Å²) >= 11 is 0.713. The summed E-state index contributed by atoms with van der Waals surface area (Å²) in [4.78, 5) is 0. The molecule has 0 amide bonds. The second kappa shape index (κ2) is 6.44. The number of rotatable bonds is 6. The van der Waals surface area contributed by atoms with Crippen molar-refractivity contribution in [2.75, 3.05) is 25.0 Å². The molecule has 1 unspecified atom stereocenters. The Morgan fingerprint density at radius 1 is 1.50 bits per heavy atom. The van der Waals surface area contributed by atoms with Gasteiger partial charge < -0.3 is 10.6 Å². The highest BCUT2D eigenvalue weighted by Gasteiger charge is 2.36. The average Bonchev–Trinajstić information content (AvgIpc) is 2.81. The van der Waals surface area contributed by atoms with E-state index in [2.05, 4.69) is 24.5 Å². The number of anilines is 1. The Labute approximate surface area is 135 Å². The molecule has 10 heteroatoms. The van der Waals surface area contributed by atoms with Crippen molar-refractivity contribution in [3.8, 4) is 0 Å². The van der Waals surface area contributed by atoms with Crippen LogP contribution in [0, 0.1) is 5.92 Å². The lowest BCUT2D eigenvalue weighted by atomic mass is 10.2. The van der Waals surface area contributed by atoms with Crippen molar-refractivity contribution in [2.24, 2.45) is 11.1 Å². The van der Waals surface area contributed by atoms with E-state index < -0.39 is 25.1 Å². The van der Waals surface area contributed by atoms with Gasteiger partial charge in [-0.15, -0.1) is 11.3 Å². The second-order valence-electron chi connectivity index (χ2n) is 5.75. The number of fused-ring (bicyclic) bond motifs is 1. The summed E-state index contributed by atoms with van der Waals surface area (Å²) in [7, 11) is -7.42. The van der Waals surface area contributed by atoms with Crippen LogP contribution in [-0.2, 0) is 19.9 Å². The van der Waals surface area contributed by atoms with Crippen molar-refractivity contribution in [1.29, 1.82) is 0 Å². The smallest absolute Gasteiger partial charge is 0.247 e. The highest BCUT2D eigenvalue weighted by atomic mass is 32.3. The van der Waals surface area contributed by atoms with E-state index in [1.165, 1.54) is 6.07 Å². The number of thiophene rings is 1. The molecule has 1 aromatic heterocycles. The van der Waals surface area contributed by atoms with Gasteiger partial charge in [-0.2, -0.15) is 0 Å². The molecular formula is C12H21N3O4S3. The van der Waals surface area contributed by atoms with Gasteiger partial charge in [0.05, 0.1) is 10.9 Å². The van der Waals surface area contributed by atoms with Gasteiger partial charge in [0.2, 0.25) is 10.0 Å². The van der Waals surface area contributed by atoms with E-state index in [0.29, 0.717) is 35.9 Å². The summed E-state index contributed by atoms with van der Waals surface area (Å²) in [6.45, 7) is 5.88. The molecule has 0 aliphatic carbocycles. The van der Waals surface area contributed by atoms with E-state index >= 15 is 0 Å². The zero-order valence-corrected chi connectivity index (χ0v) is 14.9. The molecule has 0 spiro atoms. The maximum atomic E-state index is 12.6. The Bertz CT molecular complexity index is 738. The molecule has 2 rings (SSSR count). The van der Waals surface area contributed by atoms with Gasteiger partial charge in [-0.3, -0.25) is 0 Å². The fourth-order valence-electron chi connectivity index (χ4n) is 2.22. The summed E-state index contributed by atoms with van der Waals surface area (Å²) < 4.78 is 47.8. The van der Waals surface area contributed by atoms with Crippen LogP contribution in [0.4, 0.5) is 5.69 Å². The number of hydrogen-bond donors (Lipinski definition) is 3. The van der Waals surface area contributed by atoms with Crippen LogP contribution in [0.5, 0.6) is 0 Å². The first-order valence-corrected chi connectivity index (χ1v) is 10.9. The molecule has 2 heterocycles. The Hall–Kier alpha value is -0.680. The quantitative estimate of drug-likeness (QED) is 0.634. The minimum atomic E-state index is -3.89. The second-order valence-corrected chi connectivity index (χ2v) is 11.0. The molecule has 0 saturated heterocycles. The molecule has 0 saturated carbocycles. The van der Waals surface area contributed by atoms with Crippen LogP contribution < -0.4 is 15.8 Å². The molecule has 0 fully saturated rings. The third-order valence-corrected chi connectivity index (χ3v) is 8.68. The van der Waals surface area contributed by atoms with Crippen LogP contribution in [0.1, 0.15) is 20.3 Å². The van der Waals surface area contributed by atoms with Crippen molar-refractivity contribution in [2.45, 2.75) is 33.9 Å². The maximum absolute atomic E-state index is 12.6. The number of nitrogens with one attached hydrogen (secondary N) is 2. The van der Waals surface area contributed by atoms with Crippen LogP contribution >= 0.6 is 11.3 Å². The minimum absolute atomic E-state index is 0.0663. The number of nitrogens with two attached hydrogens (primary N) is 1. The number of sulfone groups is 1. The van der Waals surface area contributed by atoms with Crippen molar-refractivity contribution in [1.82, 2.24) is 5.32 Å². The highest BCUT2D eigenvalue weighted by Crippen LogP contribution is 2.39. The lowest BCUT2D eigenvalue weighted by Crippen LogP contribution is -2.36. The molecule has 1 aromatic rings. The molecule has 126 valence electrons. The van der Waals surface area contributed by atoms with Crippen molar-refractivity contribution in [3.63, 3.8) is 0 Å². The van der Waals surface area contributed by atoms with E-state index in [9.17, 15) is 16.8 Å². The first-order chi connectivity index (χ1) is 10.1. The SMILES string of the molecule is CC(C)CNCCC1CNc2cc(S(N)(=O)=O)sc2S1(=O)=O. The predicted molar refractivity (Wildman–Crippen MR) is 87.5 cm³/mol. The van der Waals surface area contributed by atoms with Gasteiger partial charge in [-0.05, 0) is 31.5 Å². The first kappa shape index (κ1) is 17.7. The summed E-state index contributed by atoms with van der Waals surface area (Å²) in [5.41, 5.74) is 0.334. The third kappa shape index (κ3) is 3.80. The van der Waals surface area contributed by atoms with Crippen LogP contribution in [-0.4, -0.2) is 41.7 Å². The lowest BCUT2D eigenvalue weighted by molar-refractivity contribution is 0.527. The largest absolute Gasteiger partial charge is 0.382 e. The molecular weight excluding hydrogens is 346 g/mol. The van der Waals surface area contributed by atoms with E-state index in [4.69, 9.17) is 5.14 Å². The number of hydrogen-bond acceptors (Lipinski definition) is 7. The third-order valence-electron chi connectivity index (χ3n) is 3.37. The molecule has 1 aliphatic rings. The Morgan fingerprint density at radius 2 is 2.18 bits per heavy atom. The summed E-state index contributed by atoms with van der Waals surface area (Å²) in [6, 6.07) is 1.29. The predicted octanol–water partition coefficient (Wildman–Crippen LogP) is 0.599. The monoisotopic (exact) mass is 367 g/mol. The molecule has 1 atom stereocenters. The van der Waals surface area contributed by atoms with E-state index in [0.717, 1.165) is 6.54 Å². The van der Waals surface area contributed by atoms with Crippen LogP contribution in [0.15, 0.2) is 14.5 Å². The van der Waals surface area contributed by atoms with E-state index in [-0.39, 0.29) is 15.0 Å². The van der Waals surface area contributed by atoms with Gasteiger partial charge in [0, 0.05) is 6.54 Å². The molecule has 1 aliphatic heterocycles. The van der Waals surface area contributed by atoms with Crippen LogP contribution in [0.25, 0.3) is 0 Å². The molecule has 7 nitrogen and oxygen atoms in total. The molecule has 0 radical (unpaired) electrons. The van der Waals surface area contributed by atoms with E-state index in [1.807, 2.05) is 0 Å². The minimum Gasteiger partial charge on any atom is -0.382 e.